The van der Waals surface area contributed by atoms with E-state index in [0.29, 0.717) is 19.8 Å². The third-order valence-corrected chi connectivity index (χ3v) is 7.53. The monoisotopic (exact) mass is 557 g/mol. The van der Waals surface area contributed by atoms with Gasteiger partial charge in [0.2, 0.25) is 0 Å². The van der Waals surface area contributed by atoms with Crippen molar-refractivity contribution in [2.45, 2.75) is 31.5 Å². The van der Waals surface area contributed by atoms with Crippen LogP contribution in [0.5, 0.6) is 28.7 Å². The van der Waals surface area contributed by atoms with Gasteiger partial charge in [-0.25, -0.2) is 0 Å². The van der Waals surface area contributed by atoms with Gasteiger partial charge in [0.1, 0.15) is 17.2 Å². The Kier molecular flexibility index (Phi) is 9.83. The van der Waals surface area contributed by atoms with E-state index in [9.17, 15) is 0 Å². The second-order valence-electron chi connectivity index (χ2n) is 10.0. The summed E-state index contributed by atoms with van der Waals surface area (Å²) >= 11 is 0. The molecule has 0 amide bonds. The maximum Gasteiger partial charge on any atom is 0.161 e. The summed E-state index contributed by atoms with van der Waals surface area (Å²) in [4.78, 5) is 0. The van der Waals surface area contributed by atoms with Crippen LogP contribution in [-0.2, 0) is 11.3 Å². The fourth-order valence-electron chi connectivity index (χ4n) is 5.45. The summed E-state index contributed by atoms with van der Waals surface area (Å²) in [7, 11) is 5.05. The number of nitrogens with one attached hydrogen (secondary N) is 1. The van der Waals surface area contributed by atoms with Crippen molar-refractivity contribution in [1.82, 2.24) is 5.32 Å². The van der Waals surface area contributed by atoms with Gasteiger partial charge >= 0.3 is 0 Å². The summed E-state index contributed by atoms with van der Waals surface area (Å²) < 4.78 is 35.2. The first-order chi connectivity index (χ1) is 20.2. The van der Waals surface area contributed by atoms with Gasteiger partial charge in [-0.3, -0.25) is 0 Å². The molecule has 1 N–H and O–H groups in total. The second kappa shape index (κ2) is 14.1. The quantitative estimate of drug-likeness (QED) is 0.192. The zero-order chi connectivity index (χ0) is 28.4. The maximum atomic E-state index is 6.55. The Bertz CT molecular complexity index is 1410. The summed E-state index contributed by atoms with van der Waals surface area (Å²) in [6.07, 6.45) is 1.81. The van der Waals surface area contributed by atoms with Crippen LogP contribution in [0.2, 0.25) is 0 Å². The molecule has 1 fully saturated rings. The molecule has 2 atom stereocenters. The molecule has 7 heteroatoms. The SMILES string of the molecule is COc1ccccc1OCCCOc1ccc([C@@H]2CCNC[C@@H]2OCc2cc(OC)c3ccccc3c2OC)cc1. The molecule has 4 aromatic carbocycles. The van der Waals surface area contributed by atoms with Crippen molar-refractivity contribution in [3.8, 4) is 28.7 Å². The number of piperidine rings is 1. The largest absolute Gasteiger partial charge is 0.496 e. The highest BCUT2D eigenvalue weighted by atomic mass is 16.5. The molecule has 0 radical (unpaired) electrons. The number of hydrogen-bond acceptors (Lipinski definition) is 7. The maximum absolute atomic E-state index is 6.55. The van der Waals surface area contributed by atoms with Gasteiger partial charge in [-0.15, -0.1) is 0 Å². The highest BCUT2D eigenvalue weighted by Crippen LogP contribution is 2.38. The van der Waals surface area contributed by atoms with Crippen molar-refractivity contribution in [2.75, 3.05) is 47.6 Å². The van der Waals surface area contributed by atoms with Crippen LogP contribution < -0.4 is 29.0 Å². The smallest absolute Gasteiger partial charge is 0.161 e. The Labute approximate surface area is 242 Å². The summed E-state index contributed by atoms with van der Waals surface area (Å²) in [5.74, 6) is 4.27. The molecule has 4 aromatic rings. The van der Waals surface area contributed by atoms with E-state index in [1.54, 1.807) is 21.3 Å². The van der Waals surface area contributed by atoms with Crippen molar-refractivity contribution in [2.24, 2.45) is 0 Å². The van der Waals surface area contributed by atoms with Crippen molar-refractivity contribution in [1.29, 1.82) is 0 Å². The van der Waals surface area contributed by atoms with Gasteiger partial charge in [0, 0.05) is 35.2 Å². The highest BCUT2D eigenvalue weighted by molar-refractivity contribution is 5.94. The average molecular weight is 558 g/mol. The van der Waals surface area contributed by atoms with E-state index in [4.69, 9.17) is 28.4 Å². The van der Waals surface area contributed by atoms with Gasteiger partial charge in [0.25, 0.3) is 0 Å². The predicted octanol–water partition coefficient (Wildman–Crippen LogP) is 6.38. The molecular weight excluding hydrogens is 518 g/mol. The Morgan fingerprint density at radius 3 is 2.20 bits per heavy atom. The summed E-state index contributed by atoms with van der Waals surface area (Å²) in [5, 5.41) is 5.54. The molecule has 0 spiro atoms. The number of ether oxygens (including phenoxy) is 6. The number of fused-ring (bicyclic) bond motifs is 1. The lowest BCUT2D eigenvalue weighted by Crippen LogP contribution is -2.41. The van der Waals surface area contributed by atoms with Crippen LogP contribution >= 0.6 is 0 Å². The van der Waals surface area contributed by atoms with E-state index in [-0.39, 0.29) is 12.0 Å². The Morgan fingerprint density at radius 2 is 1.44 bits per heavy atom. The fourth-order valence-corrected chi connectivity index (χ4v) is 5.45. The molecular formula is C34H39NO6. The molecule has 1 saturated heterocycles. The zero-order valence-electron chi connectivity index (χ0n) is 24.1. The first-order valence-corrected chi connectivity index (χ1v) is 14.1. The molecule has 0 bridgehead atoms. The van der Waals surface area contributed by atoms with Crippen LogP contribution in [0.15, 0.2) is 78.9 Å². The molecule has 1 aliphatic rings. The third kappa shape index (κ3) is 6.87. The lowest BCUT2D eigenvalue weighted by molar-refractivity contribution is 0.00983. The standard InChI is InChI=1S/C34H39NO6/c1-36-30-11-6-7-12-31(30)40-20-8-19-39-26-15-13-24(14-16-26)27-17-18-35-22-33(27)41-23-25-21-32(37-2)28-9-4-5-10-29(28)34(25)38-3/h4-7,9-16,21,27,33,35H,8,17-20,22-23H2,1-3H3/t27-,33-/m0/s1. The first-order valence-electron chi connectivity index (χ1n) is 14.1. The molecule has 1 heterocycles. The summed E-state index contributed by atoms with van der Waals surface area (Å²) in [6, 6.07) is 26.2. The molecule has 41 heavy (non-hydrogen) atoms. The second-order valence-corrected chi connectivity index (χ2v) is 10.0. The molecule has 7 nitrogen and oxygen atoms in total. The highest BCUT2D eigenvalue weighted by Gasteiger charge is 2.28. The van der Waals surface area contributed by atoms with Gasteiger partial charge in [-0.05, 0) is 48.9 Å². The number of para-hydroxylation sites is 2. The molecule has 0 aromatic heterocycles. The van der Waals surface area contributed by atoms with Crippen LogP contribution in [0.3, 0.4) is 0 Å². The van der Waals surface area contributed by atoms with Crippen molar-refractivity contribution in [3.05, 3.63) is 90.0 Å². The number of methoxy groups -OCH3 is 3. The lowest BCUT2D eigenvalue weighted by atomic mass is 9.87. The van der Waals surface area contributed by atoms with Crippen LogP contribution in [0.4, 0.5) is 0 Å². The van der Waals surface area contributed by atoms with E-state index in [1.807, 2.05) is 60.7 Å². The van der Waals surface area contributed by atoms with Gasteiger partial charge in [-0.1, -0.05) is 48.5 Å². The van der Waals surface area contributed by atoms with Crippen molar-refractivity contribution >= 4 is 10.8 Å². The molecule has 216 valence electrons. The van der Waals surface area contributed by atoms with E-state index in [1.165, 1.54) is 5.56 Å². The van der Waals surface area contributed by atoms with E-state index < -0.39 is 0 Å². The topological polar surface area (TPSA) is 67.4 Å². The average Bonchev–Trinajstić information content (AvgIpc) is 3.03. The molecule has 0 saturated carbocycles. The van der Waals surface area contributed by atoms with Gasteiger partial charge in [0.15, 0.2) is 11.5 Å². The first kappa shape index (κ1) is 28.6. The predicted molar refractivity (Wildman–Crippen MR) is 161 cm³/mol. The van der Waals surface area contributed by atoms with Gasteiger partial charge < -0.3 is 33.7 Å². The van der Waals surface area contributed by atoms with E-state index in [2.05, 4.69) is 23.5 Å². The van der Waals surface area contributed by atoms with Crippen molar-refractivity contribution in [3.63, 3.8) is 0 Å². The minimum Gasteiger partial charge on any atom is -0.496 e. The van der Waals surface area contributed by atoms with Crippen molar-refractivity contribution < 1.29 is 28.4 Å². The zero-order valence-corrected chi connectivity index (χ0v) is 24.1. The normalized spacial score (nSPS) is 16.8. The van der Waals surface area contributed by atoms with Gasteiger partial charge in [0.05, 0.1) is 47.3 Å². The summed E-state index contributed by atoms with van der Waals surface area (Å²) in [6.45, 7) is 3.32. The summed E-state index contributed by atoms with van der Waals surface area (Å²) in [5.41, 5.74) is 2.23. The Balaban J connectivity index is 1.17. The molecule has 5 rings (SSSR count). The Morgan fingerprint density at radius 1 is 0.732 bits per heavy atom. The number of benzene rings is 4. The van der Waals surface area contributed by atoms with Gasteiger partial charge in [-0.2, -0.15) is 0 Å². The number of rotatable bonds is 13. The van der Waals surface area contributed by atoms with Crippen LogP contribution in [0, 0.1) is 0 Å². The molecule has 1 aliphatic heterocycles. The van der Waals surface area contributed by atoms with Crippen LogP contribution in [-0.4, -0.2) is 53.7 Å². The number of hydrogen-bond donors (Lipinski definition) is 1. The third-order valence-electron chi connectivity index (χ3n) is 7.53. The van der Waals surface area contributed by atoms with Crippen LogP contribution in [0.25, 0.3) is 10.8 Å². The molecule has 0 aliphatic carbocycles. The Hall–Kier alpha value is -3.94. The van der Waals surface area contributed by atoms with E-state index >= 15 is 0 Å². The van der Waals surface area contributed by atoms with E-state index in [0.717, 1.165) is 71.0 Å². The minimum atomic E-state index is 0.0322. The minimum absolute atomic E-state index is 0.0322. The lowest BCUT2D eigenvalue weighted by Gasteiger charge is -2.33. The molecule has 0 unspecified atom stereocenters. The van der Waals surface area contributed by atoms with Crippen LogP contribution in [0.1, 0.15) is 29.9 Å². The fraction of sp³-hybridized carbons (Fsp3) is 0.353.